The number of hydrogen-bond donors (Lipinski definition) is 1. The first-order valence-electron chi connectivity index (χ1n) is 7.09. The molecule has 2 aromatic carbocycles. The molecule has 0 saturated heterocycles. The molecule has 0 radical (unpaired) electrons. The van der Waals surface area contributed by atoms with Crippen molar-refractivity contribution in [1.29, 1.82) is 0 Å². The molecule has 1 N–H and O–H groups in total. The summed E-state index contributed by atoms with van der Waals surface area (Å²) >= 11 is 1.57. The van der Waals surface area contributed by atoms with Crippen LogP contribution in [0.2, 0.25) is 0 Å². The van der Waals surface area contributed by atoms with Gasteiger partial charge in [-0.15, -0.1) is 0 Å². The van der Waals surface area contributed by atoms with Crippen molar-refractivity contribution in [3.8, 4) is 11.5 Å². The van der Waals surface area contributed by atoms with E-state index >= 15 is 0 Å². The fraction of sp³-hybridized carbons (Fsp3) is 0.176. The molecule has 0 aliphatic heterocycles. The maximum Gasteiger partial charge on any atom is 0.204 e. The zero-order valence-corrected chi connectivity index (χ0v) is 14.0. The standard InChI is InChI=1S/C17H17N3O2S/c1-11(12-8-9-14(21-2)15(10-12)22-3)19-20-17-18-13-6-4-5-7-16(13)23-17/h4-10H,1-3H3,(H,18,20)/b19-11-. The summed E-state index contributed by atoms with van der Waals surface area (Å²) in [7, 11) is 3.24. The minimum absolute atomic E-state index is 0.680. The lowest BCUT2D eigenvalue weighted by molar-refractivity contribution is 0.355. The first-order chi connectivity index (χ1) is 11.2. The number of hydrazone groups is 1. The largest absolute Gasteiger partial charge is 0.493 e. The summed E-state index contributed by atoms with van der Waals surface area (Å²) in [4.78, 5) is 4.50. The van der Waals surface area contributed by atoms with Gasteiger partial charge in [-0.1, -0.05) is 23.5 Å². The highest BCUT2D eigenvalue weighted by atomic mass is 32.1. The number of aromatic nitrogens is 1. The van der Waals surface area contributed by atoms with Crippen LogP contribution in [-0.4, -0.2) is 24.9 Å². The van der Waals surface area contributed by atoms with Crippen molar-refractivity contribution in [2.24, 2.45) is 5.10 Å². The van der Waals surface area contributed by atoms with Gasteiger partial charge >= 0.3 is 0 Å². The molecule has 3 aromatic rings. The highest BCUT2D eigenvalue weighted by Crippen LogP contribution is 2.28. The van der Waals surface area contributed by atoms with E-state index in [9.17, 15) is 0 Å². The van der Waals surface area contributed by atoms with E-state index in [0.29, 0.717) is 11.5 Å². The van der Waals surface area contributed by atoms with Gasteiger partial charge in [0.05, 0.1) is 30.1 Å². The van der Waals surface area contributed by atoms with E-state index < -0.39 is 0 Å². The Morgan fingerprint density at radius 1 is 1.09 bits per heavy atom. The molecular formula is C17H17N3O2S. The molecule has 23 heavy (non-hydrogen) atoms. The lowest BCUT2D eigenvalue weighted by Crippen LogP contribution is -2.01. The van der Waals surface area contributed by atoms with Crippen LogP contribution in [0.3, 0.4) is 0 Å². The lowest BCUT2D eigenvalue weighted by atomic mass is 10.1. The Hall–Kier alpha value is -2.60. The van der Waals surface area contributed by atoms with Gasteiger partial charge in [-0.05, 0) is 37.3 Å². The van der Waals surface area contributed by atoms with Gasteiger partial charge in [-0.3, -0.25) is 5.43 Å². The Morgan fingerprint density at radius 3 is 2.61 bits per heavy atom. The van der Waals surface area contributed by atoms with E-state index in [1.54, 1.807) is 25.6 Å². The molecule has 0 unspecified atom stereocenters. The number of methoxy groups -OCH3 is 2. The second-order valence-electron chi connectivity index (χ2n) is 4.87. The topological polar surface area (TPSA) is 55.7 Å². The van der Waals surface area contributed by atoms with E-state index in [2.05, 4.69) is 15.5 Å². The fourth-order valence-corrected chi connectivity index (χ4v) is 2.99. The normalized spacial score (nSPS) is 11.5. The van der Waals surface area contributed by atoms with Gasteiger partial charge in [-0.25, -0.2) is 4.98 Å². The minimum Gasteiger partial charge on any atom is -0.493 e. The maximum atomic E-state index is 5.32. The summed E-state index contributed by atoms with van der Waals surface area (Å²) in [6.45, 7) is 1.93. The number of thiazole rings is 1. The zero-order chi connectivity index (χ0) is 16.2. The van der Waals surface area contributed by atoms with Crippen LogP contribution < -0.4 is 14.9 Å². The van der Waals surface area contributed by atoms with E-state index in [1.165, 1.54) is 0 Å². The van der Waals surface area contributed by atoms with Crippen LogP contribution in [0, 0.1) is 0 Å². The number of benzene rings is 2. The van der Waals surface area contributed by atoms with Crippen LogP contribution in [0.15, 0.2) is 47.6 Å². The summed E-state index contributed by atoms with van der Waals surface area (Å²) in [5, 5.41) is 5.18. The van der Waals surface area contributed by atoms with Gasteiger partial charge in [-0.2, -0.15) is 5.10 Å². The van der Waals surface area contributed by atoms with Crippen LogP contribution in [0.5, 0.6) is 11.5 Å². The minimum atomic E-state index is 0.680. The molecule has 118 valence electrons. The van der Waals surface area contributed by atoms with Crippen LogP contribution in [0.4, 0.5) is 5.13 Å². The number of rotatable bonds is 5. The lowest BCUT2D eigenvalue weighted by Gasteiger charge is -2.09. The van der Waals surface area contributed by atoms with Crippen molar-refractivity contribution in [2.45, 2.75) is 6.92 Å². The van der Waals surface area contributed by atoms with Crippen molar-refractivity contribution < 1.29 is 9.47 Å². The molecule has 5 nitrogen and oxygen atoms in total. The number of nitrogens with one attached hydrogen (secondary N) is 1. The fourth-order valence-electron chi connectivity index (χ4n) is 2.18. The van der Waals surface area contributed by atoms with E-state index in [4.69, 9.17) is 9.47 Å². The third-order valence-electron chi connectivity index (χ3n) is 3.41. The molecule has 0 atom stereocenters. The SMILES string of the molecule is COc1ccc(/C(C)=N\Nc2nc3ccccc3s2)cc1OC. The predicted molar refractivity (Wildman–Crippen MR) is 95.0 cm³/mol. The first kappa shape index (κ1) is 15.3. The summed E-state index contributed by atoms with van der Waals surface area (Å²) in [5.41, 5.74) is 5.79. The zero-order valence-electron chi connectivity index (χ0n) is 13.2. The summed E-state index contributed by atoms with van der Waals surface area (Å²) in [5.74, 6) is 1.38. The molecule has 0 aliphatic rings. The van der Waals surface area contributed by atoms with Crippen LogP contribution >= 0.6 is 11.3 Å². The second kappa shape index (κ2) is 6.66. The second-order valence-corrected chi connectivity index (χ2v) is 5.90. The number of para-hydroxylation sites is 1. The van der Waals surface area contributed by atoms with Crippen LogP contribution in [0.25, 0.3) is 10.2 Å². The Labute approximate surface area is 138 Å². The van der Waals surface area contributed by atoms with Crippen molar-refractivity contribution in [2.75, 3.05) is 19.6 Å². The number of nitrogens with zero attached hydrogens (tertiary/aromatic N) is 2. The molecule has 0 spiro atoms. The predicted octanol–water partition coefficient (Wildman–Crippen LogP) is 4.15. The van der Waals surface area contributed by atoms with Gasteiger partial charge in [0.15, 0.2) is 11.5 Å². The van der Waals surface area contributed by atoms with E-state index in [-0.39, 0.29) is 0 Å². The molecule has 0 saturated carbocycles. The number of hydrogen-bond acceptors (Lipinski definition) is 6. The molecule has 0 amide bonds. The van der Waals surface area contributed by atoms with Gasteiger partial charge in [0, 0.05) is 5.56 Å². The average molecular weight is 327 g/mol. The molecule has 1 heterocycles. The average Bonchev–Trinajstić information content (AvgIpc) is 3.01. The van der Waals surface area contributed by atoms with Gasteiger partial charge in [0.25, 0.3) is 0 Å². The molecule has 0 fully saturated rings. The monoisotopic (exact) mass is 327 g/mol. The van der Waals surface area contributed by atoms with E-state index in [1.807, 2.05) is 49.4 Å². The maximum absolute atomic E-state index is 5.32. The summed E-state index contributed by atoms with van der Waals surface area (Å²) < 4.78 is 11.7. The Balaban J connectivity index is 1.81. The highest BCUT2D eigenvalue weighted by molar-refractivity contribution is 7.22. The van der Waals surface area contributed by atoms with Gasteiger partial charge in [0.2, 0.25) is 5.13 Å². The Morgan fingerprint density at radius 2 is 1.87 bits per heavy atom. The van der Waals surface area contributed by atoms with Crippen molar-refractivity contribution in [3.63, 3.8) is 0 Å². The highest BCUT2D eigenvalue weighted by Gasteiger charge is 2.07. The molecule has 6 heteroatoms. The van der Waals surface area contributed by atoms with Crippen LogP contribution in [-0.2, 0) is 0 Å². The Bertz CT molecular complexity index is 825. The number of anilines is 1. The smallest absolute Gasteiger partial charge is 0.204 e. The van der Waals surface area contributed by atoms with Crippen molar-refractivity contribution >= 4 is 32.4 Å². The molecular weight excluding hydrogens is 310 g/mol. The van der Waals surface area contributed by atoms with Crippen LogP contribution in [0.1, 0.15) is 12.5 Å². The van der Waals surface area contributed by atoms with Gasteiger partial charge in [0.1, 0.15) is 0 Å². The van der Waals surface area contributed by atoms with E-state index in [0.717, 1.165) is 26.6 Å². The summed E-state index contributed by atoms with van der Waals surface area (Å²) in [6.07, 6.45) is 0. The molecule has 0 aliphatic carbocycles. The first-order valence-corrected chi connectivity index (χ1v) is 7.91. The quantitative estimate of drug-likeness (QED) is 0.565. The Kier molecular flexibility index (Phi) is 4.43. The van der Waals surface area contributed by atoms with Gasteiger partial charge < -0.3 is 9.47 Å². The summed E-state index contributed by atoms with van der Waals surface area (Å²) in [6, 6.07) is 13.7. The number of ether oxygens (including phenoxy) is 2. The molecule has 0 bridgehead atoms. The molecule has 3 rings (SSSR count). The van der Waals surface area contributed by atoms with Crippen molar-refractivity contribution in [1.82, 2.24) is 4.98 Å². The van der Waals surface area contributed by atoms with Crippen molar-refractivity contribution in [3.05, 3.63) is 48.0 Å². The third kappa shape index (κ3) is 3.27. The molecule has 1 aromatic heterocycles. The number of fused-ring (bicyclic) bond motifs is 1. The third-order valence-corrected chi connectivity index (χ3v) is 4.36.